The first-order valence-electron chi connectivity index (χ1n) is 11.8. The molecule has 1 saturated heterocycles. The quantitative estimate of drug-likeness (QED) is 0.620. The molecule has 0 radical (unpaired) electrons. The lowest BCUT2D eigenvalue weighted by atomic mass is 9.48. The lowest BCUT2D eigenvalue weighted by Crippen LogP contribution is -2.55. The van der Waals surface area contributed by atoms with E-state index < -0.39 is 10.0 Å². The minimum absolute atomic E-state index is 0.0857. The van der Waals surface area contributed by atoms with Gasteiger partial charge in [-0.2, -0.15) is 4.31 Å². The molecule has 1 aromatic carbocycles. The number of ketones is 1. The lowest BCUT2D eigenvalue weighted by Gasteiger charge is -2.56. The molecule has 0 N–H and O–H groups in total. The van der Waals surface area contributed by atoms with E-state index in [-0.39, 0.29) is 10.3 Å². The number of piperazine rings is 1. The van der Waals surface area contributed by atoms with Crippen molar-refractivity contribution in [2.45, 2.75) is 43.4 Å². The molecule has 7 nitrogen and oxygen atoms in total. The monoisotopic (exact) mass is 462 g/mol. The van der Waals surface area contributed by atoms with Gasteiger partial charge in [0.25, 0.3) is 0 Å². The van der Waals surface area contributed by atoms with E-state index >= 15 is 0 Å². The Hall–Kier alpha value is -1.64. The van der Waals surface area contributed by atoms with Gasteiger partial charge in [-0.15, -0.1) is 0 Å². The van der Waals surface area contributed by atoms with Crippen molar-refractivity contribution >= 4 is 15.8 Å². The summed E-state index contributed by atoms with van der Waals surface area (Å²) in [4.78, 5) is 15.8. The van der Waals surface area contributed by atoms with E-state index in [0.29, 0.717) is 50.0 Å². The zero-order valence-corrected chi connectivity index (χ0v) is 19.9. The van der Waals surface area contributed by atoms with Crippen molar-refractivity contribution in [3.8, 4) is 11.5 Å². The van der Waals surface area contributed by atoms with E-state index in [1.54, 1.807) is 12.1 Å². The fourth-order valence-corrected chi connectivity index (χ4v) is 8.52. The summed E-state index contributed by atoms with van der Waals surface area (Å²) < 4.78 is 38.3. The molecule has 1 aromatic rings. The van der Waals surface area contributed by atoms with Crippen LogP contribution in [0.15, 0.2) is 23.1 Å². The molecule has 6 rings (SSSR count). The Morgan fingerprint density at radius 3 is 2.03 bits per heavy atom. The number of carbonyl (C=O) groups is 1. The molecule has 32 heavy (non-hydrogen) atoms. The van der Waals surface area contributed by atoms with E-state index in [4.69, 9.17) is 9.47 Å². The van der Waals surface area contributed by atoms with Crippen molar-refractivity contribution in [2.24, 2.45) is 23.2 Å². The summed E-state index contributed by atoms with van der Waals surface area (Å²) in [5.41, 5.74) is -0.0857. The van der Waals surface area contributed by atoms with Crippen LogP contribution >= 0.6 is 0 Å². The highest BCUT2D eigenvalue weighted by Crippen LogP contribution is 2.60. The van der Waals surface area contributed by atoms with Crippen LogP contribution in [0.1, 0.15) is 38.5 Å². The first kappa shape index (κ1) is 22.2. The Morgan fingerprint density at radius 1 is 0.938 bits per heavy atom. The third kappa shape index (κ3) is 3.84. The number of sulfonamides is 1. The molecule has 176 valence electrons. The molecule has 1 aliphatic heterocycles. The van der Waals surface area contributed by atoms with E-state index in [2.05, 4.69) is 4.90 Å². The average Bonchev–Trinajstić information content (AvgIpc) is 2.78. The number of benzene rings is 1. The maximum atomic E-state index is 13.4. The van der Waals surface area contributed by atoms with Crippen LogP contribution in [0.5, 0.6) is 11.5 Å². The number of nitrogens with zero attached hydrogens (tertiary/aromatic N) is 2. The van der Waals surface area contributed by atoms with Gasteiger partial charge in [0.1, 0.15) is 0 Å². The van der Waals surface area contributed by atoms with Gasteiger partial charge in [0.2, 0.25) is 10.0 Å². The highest BCUT2D eigenvalue weighted by atomic mass is 32.2. The normalized spacial score (nSPS) is 32.8. The molecule has 5 fully saturated rings. The molecule has 4 saturated carbocycles. The van der Waals surface area contributed by atoms with Gasteiger partial charge < -0.3 is 9.47 Å². The predicted octanol–water partition coefficient (Wildman–Crippen LogP) is 2.80. The summed E-state index contributed by atoms with van der Waals surface area (Å²) in [7, 11) is -0.605. The van der Waals surface area contributed by atoms with Gasteiger partial charge in [-0.05, 0) is 68.4 Å². The Bertz CT molecular complexity index is 949. The third-order valence-electron chi connectivity index (χ3n) is 8.32. The molecule has 1 heterocycles. The van der Waals surface area contributed by atoms with Crippen molar-refractivity contribution < 1.29 is 22.7 Å². The molecule has 0 atom stereocenters. The summed E-state index contributed by atoms with van der Waals surface area (Å²) in [6.45, 7) is 2.43. The van der Waals surface area contributed by atoms with Gasteiger partial charge in [-0.1, -0.05) is 0 Å². The van der Waals surface area contributed by atoms with Crippen molar-refractivity contribution in [1.82, 2.24) is 9.21 Å². The van der Waals surface area contributed by atoms with E-state index in [9.17, 15) is 13.2 Å². The van der Waals surface area contributed by atoms with Crippen LogP contribution < -0.4 is 9.47 Å². The second-order valence-corrected chi connectivity index (χ2v) is 12.3. The number of rotatable bonds is 7. The first-order valence-corrected chi connectivity index (χ1v) is 13.2. The molecule has 0 unspecified atom stereocenters. The van der Waals surface area contributed by atoms with E-state index in [1.807, 2.05) is 0 Å². The molecule has 0 amide bonds. The number of methoxy groups -OCH3 is 2. The van der Waals surface area contributed by atoms with Gasteiger partial charge in [0.05, 0.1) is 25.7 Å². The van der Waals surface area contributed by atoms with E-state index in [1.165, 1.54) is 43.9 Å². The van der Waals surface area contributed by atoms with Gasteiger partial charge in [0, 0.05) is 37.7 Å². The zero-order chi connectivity index (χ0) is 22.5. The summed E-state index contributed by atoms with van der Waals surface area (Å²) in [5, 5.41) is 0. The molecular weight excluding hydrogens is 428 g/mol. The van der Waals surface area contributed by atoms with Crippen molar-refractivity contribution in [3.63, 3.8) is 0 Å². The summed E-state index contributed by atoms with van der Waals surface area (Å²) >= 11 is 0. The highest BCUT2D eigenvalue weighted by Gasteiger charge is 2.54. The van der Waals surface area contributed by atoms with Crippen molar-refractivity contribution in [2.75, 3.05) is 46.9 Å². The van der Waals surface area contributed by atoms with Crippen LogP contribution in [0.25, 0.3) is 0 Å². The van der Waals surface area contributed by atoms with Gasteiger partial charge in [-0.25, -0.2) is 8.42 Å². The van der Waals surface area contributed by atoms with Gasteiger partial charge >= 0.3 is 0 Å². The highest BCUT2D eigenvalue weighted by molar-refractivity contribution is 7.89. The fraction of sp³-hybridized carbons (Fsp3) is 0.708. The standard InChI is InChI=1S/C24H34N2O5S/c1-30-21-4-3-20(12-22(21)31-2)32(28,29)26-7-5-25(6-8-26)16-23(27)24-13-17-9-18(14-24)11-19(10-17)15-24/h3-4,12,17-19H,5-11,13-16H2,1-2H3. The van der Waals surface area contributed by atoms with Crippen LogP contribution in [-0.4, -0.2) is 70.3 Å². The smallest absolute Gasteiger partial charge is 0.243 e. The Labute approximate surface area is 191 Å². The molecule has 5 aliphatic rings. The maximum Gasteiger partial charge on any atom is 0.243 e. The lowest BCUT2D eigenvalue weighted by molar-refractivity contribution is -0.145. The van der Waals surface area contributed by atoms with E-state index in [0.717, 1.165) is 37.0 Å². The molecule has 8 heteroatoms. The Balaban J connectivity index is 1.21. The summed E-state index contributed by atoms with van der Waals surface area (Å²) in [6.07, 6.45) is 7.26. The second-order valence-electron chi connectivity index (χ2n) is 10.3. The van der Waals surface area contributed by atoms with Gasteiger partial charge in [-0.3, -0.25) is 9.69 Å². The topological polar surface area (TPSA) is 76.2 Å². The second kappa shape index (κ2) is 8.29. The molecule has 4 aliphatic carbocycles. The first-order chi connectivity index (χ1) is 15.3. The average molecular weight is 463 g/mol. The number of ether oxygens (including phenoxy) is 2. The largest absolute Gasteiger partial charge is 0.493 e. The zero-order valence-electron chi connectivity index (χ0n) is 19.1. The minimum Gasteiger partial charge on any atom is -0.493 e. The summed E-state index contributed by atoms with van der Waals surface area (Å²) in [6, 6.07) is 4.68. The van der Waals surface area contributed by atoms with Crippen LogP contribution in [-0.2, 0) is 14.8 Å². The van der Waals surface area contributed by atoms with Gasteiger partial charge in [0.15, 0.2) is 17.3 Å². The molecule has 0 spiro atoms. The van der Waals surface area contributed by atoms with Crippen molar-refractivity contribution in [3.05, 3.63) is 18.2 Å². The SMILES string of the molecule is COc1ccc(S(=O)(=O)N2CCN(CC(=O)C34CC5CC(CC(C5)C3)C4)CC2)cc1OC. The number of carbonyl (C=O) groups excluding carboxylic acids is 1. The Kier molecular flexibility index (Phi) is 5.75. The maximum absolute atomic E-state index is 13.4. The van der Waals surface area contributed by atoms with Crippen molar-refractivity contribution in [1.29, 1.82) is 0 Å². The van der Waals surface area contributed by atoms with Crippen LogP contribution in [0, 0.1) is 23.2 Å². The fourth-order valence-electron chi connectivity index (χ4n) is 7.08. The van der Waals surface area contributed by atoms with Crippen LogP contribution in [0.4, 0.5) is 0 Å². The number of Topliss-reactive ketones (excluding diaryl/α,β-unsaturated/α-hetero) is 1. The Morgan fingerprint density at radius 2 is 1.50 bits per heavy atom. The predicted molar refractivity (Wildman–Crippen MR) is 120 cm³/mol. The van der Waals surface area contributed by atoms with Crippen LogP contribution in [0.2, 0.25) is 0 Å². The number of hydrogen-bond acceptors (Lipinski definition) is 6. The third-order valence-corrected chi connectivity index (χ3v) is 10.2. The molecular formula is C24H34N2O5S. The van der Waals surface area contributed by atoms with Crippen LogP contribution in [0.3, 0.4) is 0 Å². The summed E-state index contributed by atoms with van der Waals surface area (Å²) in [5.74, 6) is 3.58. The number of hydrogen-bond donors (Lipinski definition) is 0. The minimum atomic E-state index is -3.62. The molecule has 0 aromatic heterocycles. The molecule has 4 bridgehead atoms.